The molecule has 2 aromatic rings. The molecule has 0 saturated carbocycles. The molecule has 0 radical (unpaired) electrons. The summed E-state index contributed by atoms with van der Waals surface area (Å²) in [5, 5.41) is 3.98. The molecule has 28 heavy (non-hydrogen) atoms. The van der Waals surface area contributed by atoms with Crippen molar-refractivity contribution in [3.63, 3.8) is 0 Å². The average molecular weight is 439 g/mol. The minimum absolute atomic E-state index is 0.0811. The zero-order chi connectivity index (χ0) is 20.5. The van der Waals surface area contributed by atoms with Crippen molar-refractivity contribution in [1.29, 1.82) is 0 Å². The largest absolute Gasteiger partial charge is 0.357 e. The zero-order valence-corrected chi connectivity index (χ0v) is 18.3. The first kappa shape index (κ1) is 22.6. The van der Waals surface area contributed by atoms with Crippen LogP contribution in [0.4, 0.5) is 0 Å². The number of rotatable bonds is 9. The van der Waals surface area contributed by atoms with E-state index in [1.807, 2.05) is 43.3 Å². The van der Waals surface area contributed by atoms with E-state index in [9.17, 15) is 9.59 Å². The third-order valence-corrected chi connectivity index (χ3v) is 5.93. The summed E-state index contributed by atoms with van der Waals surface area (Å²) in [4.78, 5) is 26.9. The van der Waals surface area contributed by atoms with Gasteiger partial charge in [0.25, 0.3) is 0 Å². The second kappa shape index (κ2) is 11.3. The van der Waals surface area contributed by atoms with Gasteiger partial charge in [0.1, 0.15) is 6.04 Å². The highest BCUT2D eigenvalue weighted by Crippen LogP contribution is 2.22. The van der Waals surface area contributed by atoms with Gasteiger partial charge in [-0.05, 0) is 35.7 Å². The number of benzene rings is 2. The fourth-order valence-corrected chi connectivity index (χ4v) is 4.14. The molecule has 1 N–H and O–H groups in total. The van der Waals surface area contributed by atoms with E-state index in [2.05, 4.69) is 5.32 Å². The first-order chi connectivity index (χ1) is 13.5. The molecule has 7 heteroatoms. The fourth-order valence-electron chi connectivity index (χ4n) is 2.82. The molecule has 0 aliphatic heterocycles. The zero-order valence-electron chi connectivity index (χ0n) is 16.0. The Morgan fingerprint density at radius 1 is 1.11 bits per heavy atom. The number of carbonyl (C=O) groups is 2. The van der Waals surface area contributed by atoms with Gasteiger partial charge in [-0.25, -0.2) is 0 Å². The maximum absolute atomic E-state index is 13.0. The maximum atomic E-state index is 13.0. The topological polar surface area (TPSA) is 49.4 Å². The van der Waals surface area contributed by atoms with Crippen LogP contribution in [0.1, 0.15) is 24.5 Å². The Kier molecular flexibility index (Phi) is 9.16. The van der Waals surface area contributed by atoms with Gasteiger partial charge in [-0.2, -0.15) is 0 Å². The quantitative estimate of drug-likeness (QED) is 0.612. The highest BCUT2D eigenvalue weighted by Gasteiger charge is 2.27. The Morgan fingerprint density at radius 3 is 2.39 bits per heavy atom. The van der Waals surface area contributed by atoms with Crippen LogP contribution in [0, 0.1) is 0 Å². The number of amides is 2. The molecule has 2 aromatic carbocycles. The van der Waals surface area contributed by atoms with E-state index < -0.39 is 6.04 Å². The Hall–Kier alpha value is -1.69. The fraction of sp³-hybridized carbons (Fsp3) is 0.333. The van der Waals surface area contributed by atoms with Gasteiger partial charge >= 0.3 is 0 Å². The Morgan fingerprint density at radius 2 is 1.79 bits per heavy atom. The number of hydrogen-bond acceptors (Lipinski definition) is 3. The van der Waals surface area contributed by atoms with Gasteiger partial charge in [-0.15, -0.1) is 11.8 Å². The molecule has 150 valence electrons. The van der Waals surface area contributed by atoms with E-state index in [0.717, 1.165) is 11.1 Å². The van der Waals surface area contributed by atoms with Crippen molar-refractivity contribution in [1.82, 2.24) is 10.2 Å². The van der Waals surface area contributed by atoms with Crippen LogP contribution in [0.5, 0.6) is 0 Å². The van der Waals surface area contributed by atoms with Gasteiger partial charge in [0.15, 0.2) is 0 Å². The molecule has 0 heterocycles. The van der Waals surface area contributed by atoms with Gasteiger partial charge in [0.2, 0.25) is 11.8 Å². The van der Waals surface area contributed by atoms with Gasteiger partial charge in [-0.3, -0.25) is 9.59 Å². The molecule has 0 aliphatic carbocycles. The summed E-state index contributed by atoms with van der Waals surface area (Å²) in [5.74, 6) is 0.659. The summed E-state index contributed by atoms with van der Waals surface area (Å²) >= 11 is 13.6. The summed E-state index contributed by atoms with van der Waals surface area (Å²) in [5.41, 5.74) is 1.92. The molecular weight excluding hydrogens is 415 g/mol. The van der Waals surface area contributed by atoms with Crippen molar-refractivity contribution in [3.05, 3.63) is 69.7 Å². The Balaban J connectivity index is 2.10. The molecule has 0 bridgehead atoms. The van der Waals surface area contributed by atoms with E-state index in [-0.39, 0.29) is 17.6 Å². The van der Waals surface area contributed by atoms with Crippen molar-refractivity contribution in [2.45, 2.75) is 31.7 Å². The predicted molar refractivity (Wildman–Crippen MR) is 118 cm³/mol. The molecular formula is C21H24Cl2N2O2S. The van der Waals surface area contributed by atoms with Crippen LogP contribution in [-0.4, -0.2) is 35.6 Å². The van der Waals surface area contributed by atoms with Crippen molar-refractivity contribution in [3.8, 4) is 0 Å². The molecule has 2 rings (SSSR count). The van der Waals surface area contributed by atoms with Gasteiger partial charge < -0.3 is 10.2 Å². The lowest BCUT2D eigenvalue weighted by atomic mass is 10.1. The van der Waals surface area contributed by atoms with E-state index in [1.54, 1.807) is 24.1 Å². The van der Waals surface area contributed by atoms with Crippen LogP contribution in [0.3, 0.4) is 0 Å². The number of carbonyl (C=O) groups excluding carboxylic acids is 2. The standard InChI is InChI=1S/C21H24Cl2N2O2S/c1-3-19(21(27)24-2)25(12-15-8-10-17(22)11-9-15)20(26)14-28-13-16-6-4-5-7-18(16)23/h4-11,19H,3,12-14H2,1-2H3,(H,24,27). The Bertz CT molecular complexity index is 799. The lowest BCUT2D eigenvalue weighted by molar-refractivity contribution is -0.139. The van der Waals surface area contributed by atoms with Crippen molar-refractivity contribution < 1.29 is 9.59 Å². The van der Waals surface area contributed by atoms with Crippen LogP contribution in [-0.2, 0) is 21.9 Å². The van der Waals surface area contributed by atoms with Crippen LogP contribution in [0.15, 0.2) is 48.5 Å². The Labute approximate surface area is 180 Å². The highest BCUT2D eigenvalue weighted by atomic mass is 35.5. The lowest BCUT2D eigenvalue weighted by Gasteiger charge is -2.30. The molecule has 2 amide bonds. The summed E-state index contributed by atoms with van der Waals surface area (Å²) in [7, 11) is 1.59. The average Bonchev–Trinajstić information content (AvgIpc) is 2.70. The van der Waals surface area contributed by atoms with Crippen LogP contribution < -0.4 is 5.32 Å². The van der Waals surface area contributed by atoms with E-state index >= 15 is 0 Å². The van der Waals surface area contributed by atoms with E-state index in [4.69, 9.17) is 23.2 Å². The molecule has 0 fully saturated rings. The number of thioether (sulfide) groups is 1. The molecule has 1 atom stereocenters. The first-order valence-electron chi connectivity index (χ1n) is 9.03. The molecule has 0 aromatic heterocycles. The van der Waals surface area contributed by atoms with Crippen LogP contribution in [0.25, 0.3) is 0 Å². The third kappa shape index (κ3) is 6.43. The lowest BCUT2D eigenvalue weighted by Crippen LogP contribution is -2.48. The maximum Gasteiger partial charge on any atom is 0.242 e. The van der Waals surface area contributed by atoms with Gasteiger partial charge in [-0.1, -0.05) is 60.5 Å². The van der Waals surface area contributed by atoms with Gasteiger partial charge in [0, 0.05) is 29.4 Å². The van der Waals surface area contributed by atoms with Crippen molar-refractivity contribution >= 4 is 46.8 Å². The second-order valence-corrected chi connectivity index (χ2v) is 8.10. The van der Waals surface area contributed by atoms with E-state index in [1.165, 1.54) is 11.8 Å². The summed E-state index contributed by atoms with van der Waals surface area (Å²) in [6.45, 7) is 2.26. The normalized spacial score (nSPS) is 11.7. The summed E-state index contributed by atoms with van der Waals surface area (Å²) in [6.07, 6.45) is 0.536. The number of nitrogens with one attached hydrogen (secondary N) is 1. The minimum atomic E-state index is -0.519. The van der Waals surface area contributed by atoms with Gasteiger partial charge in [0.05, 0.1) is 5.75 Å². The number of nitrogens with zero attached hydrogens (tertiary/aromatic N) is 1. The monoisotopic (exact) mass is 438 g/mol. The summed E-state index contributed by atoms with van der Waals surface area (Å²) in [6, 6.07) is 14.4. The first-order valence-corrected chi connectivity index (χ1v) is 10.9. The minimum Gasteiger partial charge on any atom is -0.357 e. The van der Waals surface area contributed by atoms with Crippen molar-refractivity contribution in [2.24, 2.45) is 0 Å². The smallest absolute Gasteiger partial charge is 0.242 e. The SMILES string of the molecule is CCC(C(=O)NC)N(Cc1ccc(Cl)cc1)C(=O)CSCc1ccccc1Cl. The predicted octanol–water partition coefficient (Wildman–Crippen LogP) is 4.78. The summed E-state index contributed by atoms with van der Waals surface area (Å²) < 4.78 is 0. The number of hydrogen-bond donors (Lipinski definition) is 1. The second-order valence-electron chi connectivity index (χ2n) is 6.27. The molecule has 0 saturated heterocycles. The number of likely N-dealkylation sites (N-methyl/N-ethyl adjacent to an activating group) is 1. The highest BCUT2D eigenvalue weighted by molar-refractivity contribution is 7.99. The van der Waals surface area contributed by atoms with Crippen LogP contribution in [0.2, 0.25) is 10.0 Å². The van der Waals surface area contributed by atoms with E-state index in [0.29, 0.717) is 28.8 Å². The molecule has 0 spiro atoms. The molecule has 0 aliphatic rings. The third-order valence-electron chi connectivity index (χ3n) is 4.34. The van der Waals surface area contributed by atoms with Crippen LogP contribution >= 0.6 is 35.0 Å². The van der Waals surface area contributed by atoms with Crippen molar-refractivity contribution in [2.75, 3.05) is 12.8 Å². The molecule has 4 nitrogen and oxygen atoms in total. The number of halogens is 2. The molecule has 1 unspecified atom stereocenters.